The molecule has 1 aliphatic carbocycles. The lowest BCUT2D eigenvalue weighted by molar-refractivity contribution is 0.115. The summed E-state index contributed by atoms with van der Waals surface area (Å²) in [7, 11) is 1.81. The molecule has 0 aromatic carbocycles. The van der Waals surface area contributed by atoms with Crippen molar-refractivity contribution in [2.24, 2.45) is 11.3 Å². The fourth-order valence-corrected chi connectivity index (χ4v) is 3.04. The minimum absolute atomic E-state index is 0.563. The smallest absolute Gasteiger partial charge is 0.0465 e. The van der Waals surface area contributed by atoms with E-state index in [1.54, 1.807) is 0 Å². The molecule has 0 aromatic rings. The Kier molecular flexibility index (Phi) is 6.37. The zero-order valence-electron chi connectivity index (χ0n) is 11.3. The molecule has 1 aliphatic rings. The summed E-state index contributed by atoms with van der Waals surface area (Å²) in [5, 5.41) is 3.63. The quantitative estimate of drug-likeness (QED) is 0.643. The van der Waals surface area contributed by atoms with E-state index in [0.29, 0.717) is 5.41 Å². The lowest BCUT2D eigenvalue weighted by atomic mass is 9.73. The molecule has 0 aromatic heterocycles. The Balaban J connectivity index is 2.43. The number of methoxy groups -OCH3 is 1. The highest BCUT2D eigenvalue weighted by Crippen LogP contribution is 2.45. The van der Waals surface area contributed by atoms with Crippen LogP contribution in [0.2, 0.25) is 0 Å². The van der Waals surface area contributed by atoms with Gasteiger partial charge in [0.15, 0.2) is 0 Å². The summed E-state index contributed by atoms with van der Waals surface area (Å²) in [5.41, 5.74) is 0.563. The first-order valence-electron chi connectivity index (χ1n) is 6.95. The Bertz CT molecular complexity index is 176. The van der Waals surface area contributed by atoms with Crippen LogP contribution in [0.25, 0.3) is 0 Å². The van der Waals surface area contributed by atoms with Crippen molar-refractivity contribution in [2.45, 2.75) is 52.4 Å². The van der Waals surface area contributed by atoms with Gasteiger partial charge in [-0.2, -0.15) is 0 Å². The second-order valence-electron chi connectivity index (χ2n) is 5.43. The topological polar surface area (TPSA) is 21.3 Å². The van der Waals surface area contributed by atoms with Crippen molar-refractivity contribution in [3.63, 3.8) is 0 Å². The zero-order chi connectivity index (χ0) is 11.9. The first kappa shape index (κ1) is 14.0. The molecule has 1 atom stereocenters. The van der Waals surface area contributed by atoms with Gasteiger partial charge in [-0.05, 0) is 43.6 Å². The number of hydrogen-bond acceptors (Lipinski definition) is 2. The van der Waals surface area contributed by atoms with Crippen LogP contribution in [0.1, 0.15) is 52.4 Å². The monoisotopic (exact) mass is 227 g/mol. The molecule has 1 N–H and O–H groups in total. The SMILES string of the molecule is CCCNCC1(C(C)CCOC)CCCC1. The summed E-state index contributed by atoms with van der Waals surface area (Å²) in [4.78, 5) is 0. The highest BCUT2D eigenvalue weighted by Gasteiger charge is 2.37. The van der Waals surface area contributed by atoms with Crippen molar-refractivity contribution in [1.82, 2.24) is 5.32 Å². The van der Waals surface area contributed by atoms with Crippen molar-refractivity contribution >= 4 is 0 Å². The van der Waals surface area contributed by atoms with Crippen molar-refractivity contribution < 1.29 is 4.74 Å². The molecule has 0 spiro atoms. The third-order valence-corrected chi connectivity index (χ3v) is 4.30. The molecule has 0 bridgehead atoms. The standard InChI is InChI=1S/C14H29NO/c1-4-10-15-12-14(8-5-6-9-14)13(2)7-11-16-3/h13,15H,4-12H2,1-3H3. The van der Waals surface area contributed by atoms with E-state index in [-0.39, 0.29) is 0 Å². The number of nitrogens with one attached hydrogen (secondary N) is 1. The maximum atomic E-state index is 5.22. The van der Waals surface area contributed by atoms with E-state index in [1.807, 2.05) is 7.11 Å². The van der Waals surface area contributed by atoms with Gasteiger partial charge in [-0.15, -0.1) is 0 Å². The summed E-state index contributed by atoms with van der Waals surface area (Å²) in [6, 6.07) is 0. The van der Waals surface area contributed by atoms with Crippen LogP contribution in [0, 0.1) is 11.3 Å². The van der Waals surface area contributed by atoms with Gasteiger partial charge >= 0.3 is 0 Å². The van der Waals surface area contributed by atoms with Crippen LogP contribution in [0.15, 0.2) is 0 Å². The molecule has 96 valence electrons. The van der Waals surface area contributed by atoms with E-state index in [2.05, 4.69) is 19.2 Å². The molecule has 1 unspecified atom stereocenters. The van der Waals surface area contributed by atoms with Crippen LogP contribution >= 0.6 is 0 Å². The summed E-state index contributed by atoms with van der Waals surface area (Å²) in [6.45, 7) is 7.95. The van der Waals surface area contributed by atoms with Crippen LogP contribution in [0.5, 0.6) is 0 Å². The van der Waals surface area contributed by atoms with Crippen molar-refractivity contribution in [2.75, 3.05) is 26.8 Å². The molecule has 1 rings (SSSR count). The molecule has 0 amide bonds. The summed E-state index contributed by atoms with van der Waals surface area (Å²) in [5.74, 6) is 0.791. The van der Waals surface area contributed by atoms with Gasteiger partial charge in [-0.1, -0.05) is 26.7 Å². The average molecular weight is 227 g/mol. The van der Waals surface area contributed by atoms with E-state index in [1.165, 1.54) is 51.6 Å². The van der Waals surface area contributed by atoms with Crippen molar-refractivity contribution in [3.05, 3.63) is 0 Å². The summed E-state index contributed by atoms with van der Waals surface area (Å²) < 4.78 is 5.22. The Morgan fingerprint density at radius 2 is 2.00 bits per heavy atom. The fourth-order valence-electron chi connectivity index (χ4n) is 3.04. The third-order valence-electron chi connectivity index (χ3n) is 4.30. The largest absolute Gasteiger partial charge is 0.385 e. The molecule has 0 aliphatic heterocycles. The summed E-state index contributed by atoms with van der Waals surface area (Å²) >= 11 is 0. The summed E-state index contributed by atoms with van der Waals surface area (Å²) in [6.07, 6.45) is 8.12. The van der Waals surface area contributed by atoms with Crippen molar-refractivity contribution in [3.8, 4) is 0 Å². The maximum absolute atomic E-state index is 5.22. The molecule has 16 heavy (non-hydrogen) atoms. The maximum Gasteiger partial charge on any atom is 0.0465 e. The van der Waals surface area contributed by atoms with Crippen LogP contribution in [0.4, 0.5) is 0 Å². The van der Waals surface area contributed by atoms with E-state index in [4.69, 9.17) is 4.74 Å². The molecule has 0 saturated heterocycles. The van der Waals surface area contributed by atoms with E-state index < -0.39 is 0 Å². The fraction of sp³-hybridized carbons (Fsp3) is 1.00. The number of rotatable bonds is 8. The second kappa shape index (κ2) is 7.29. The van der Waals surface area contributed by atoms with Crippen molar-refractivity contribution in [1.29, 1.82) is 0 Å². The molecule has 2 heteroatoms. The lowest BCUT2D eigenvalue weighted by Gasteiger charge is -2.36. The first-order chi connectivity index (χ1) is 7.75. The Morgan fingerprint density at radius 3 is 2.56 bits per heavy atom. The average Bonchev–Trinajstić information content (AvgIpc) is 2.76. The molecular formula is C14H29NO. The first-order valence-corrected chi connectivity index (χ1v) is 6.95. The van der Waals surface area contributed by atoms with Gasteiger partial charge in [0.1, 0.15) is 0 Å². The van der Waals surface area contributed by atoms with Crippen LogP contribution < -0.4 is 5.32 Å². The van der Waals surface area contributed by atoms with Crippen LogP contribution in [-0.4, -0.2) is 26.8 Å². The predicted molar refractivity (Wildman–Crippen MR) is 69.7 cm³/mol. The molecule has 2 nitrogen and oxygen atoms in total. The zero-order valence-corrected chi connectivity index (χ0v) is 11.3. The minimum atomic E-state index is 0.563. The van der Waals surface area contributed by atoms with E-state index >= 15 is 0 Å². The number of hydrogen-bond donors (Lipinski definition) is 1. The minimum Gasteiger partial charge on any atom is -0.385 e. The molecule has 1 fully saturated rings. The molecule has 0 radical (unpaired) electrons. The third kappa shape index (κ3) is 3.74. The number of ether oxygens (including phenoxy) is 1. The Hall–Kier alpha value is -0.0800. The van der Waals surface area contributed by atoms with Gasteiger partial charge in [-0.3, -0.25) is 0 Å². The normalized spacial score (nSPS) is 21.2. The van der Waals surface area contributed by atoms with Gasteiger partial charge < -0.3 is 10.1 Å². The van der Waals surface area contributed by atoms with Gasteiger partial charge in [0, 0.05) is 20.3 Å². The van der Waals surface area contributed by atoms with E-state index in [9.17, 15) is 0 Å². The predicted octanol–water partition coefficient (Wildman–Crippen LogP) is 3.22. The molecule has 0 heterocycles. The Labute approximate surface area is 101 Å². The molecular weight excluding hydrogens is 198 g/mol. The van der Waals surface area contributed by atoms with Gasteiger partial charge in [-0.25, -0.2) is 0 Å². The Morgan fingerprint density at radius 1 is 1.31 bits per heavy atom. The van der Waals surface area contributed by atoms with Crippen LogP contribution in [0.3, 0.4) is 0 Å². The highest BCUT2D eigenvalue weighted by atomic mass is 16.5. The van der Waals surface area contributed by atoms with E-state index in [0.717, 1.165) is 12.5 Å². The van der Waals surface area contributed by atoms with Crippen LogP contribution in [-0.2, 0) is 4.74 Å². The second-order valence-corrected chi connectivity index (χ2v) is 5.43. The lowest BCUT2D eigenvalue weighted by Crippen LogP contribution is -2.38. The van der Waals surface area contributed by atoms with Gasteiger partial charge in [0.2, 0.25) is 0 Å². The highest BCUT2D eigenvalue weighted by molar-refractivity contribution is 4.90. The van der Waals surface area contributed by atoms with Gasteiger partial charge in [0.05, 0.1) is 0 Å². The van der Waals surface area contributed by atoms with Gasteiger partial charge in [0.25, 0.3) is 0 Å². The molecule has 1 saturated carbocycles.